The molecule has 0 aromatic rings. The highest BCUT2D eigenvalue weighted by Gasteiger charge is 2.41. The van der Waals surface area contributed by atoms with Crippen LogP contribution in [0.3, 0.4) is 0 Å². The van der Waals surface area contributed by atoms with Gasteiger partial charge in [-0.25, -0.2) is 8.42 Å². The lowest BCUT2D eigenvalue weighted by Gasteiger charge is -2.39. The maximum absolute atomic E-state index is 11.7. The minimum atomic E-state index is -3.07. The van der Waals surface area contributed by atoms with Gasteiger partial charge in [-0.05, 0) is 24.7 Å². The maximum Gasteiger partial charge on any atom is 0.304 e. The highest BCUT2D eigenvalue weighted by atomic mass is 32.2. The lowest BCUT2D eigenvalue weighted by molar-refractivity contribution is -0.138. The van der Waals surface area contributed by atoms with E-state index in [4.69, 9.17) is 5.11 Å². The van der Waals surface area contributed by atoms with Gasteiger partial charge in [-0.2, -0.15) is 0 Å². The molecule has 2 unspecified atom stereocenters. The molecule has 2 atom stereocenters. The van der Waals surface area contributed by atoms with E-state index >= 15 is 0 Å². The summed E-state index contributed by atoms with van der Waals surface area (Å²) in [5.41, 5.74) is 0.286. The van der Waals surface area contributed by atoms with Gasteiger partial charge in [0.05, 0.1) is 17.9 Å². The van der Waals surface area contributed by atoms with E-state index in [9.17, 15) is 13.2 Å². The van der Waals surface area contributed by atoms with Crippen LogP contribution >= 0.6 is 0 Å². The third kappa shape index (κ3) is 3.69. The quantitative estimate of drug-likeness (QED) is 0.843. The molecule has 5 nitrogen and oxygen atoms in total. The minimum absolute atomic E-state index is 0.00374. The molecule has 1 saturated heterocycles. The molecule has 6 heteroatoms. The van der Waals surface area contributed by atoms with E-state index in [0.717, 1.165) is 19.3 Å². The Balaban J connectivity index is 2.11. The van der Waals surface area contributed by atoms with E-state index in [-0.39, 0.29) is 29.4 Å². The van der Waals surface area contributed by atoms with Crippen molar-refractivity contribution in [1.29, 1.82) is 0 Å². The molecule has 2 aliphatic rings. The van der Waals surface area contributed by atoms with Gasteiger partial charge in [0.25, 0.3) is 0 Å². The zero-order chi connectivity index (χ0) is 14.3. The molecular weight excluding hydrogens is 266 g/mol. The molecule has 19 heavy (non-hydrogen) atoms. The van der Waals surface area contributed by atoms with Crippen LogP contribution in [0.4, 0.5) is 0 Å². The van der Waals surface area contributed by atoms with Crippen LogP contribution in [0, 0.1) is 5.41 Å². The monoisotopic (exact) mass is 289 g/mol. The summed E-state index contributed by atoms with van der Waals surface area (Å²) in [6.45, 7) is 4.93. The van der Waals surface area contributed by atoms with Crippen molar-refractivity contribution in [3.8, 4) is 0 Å². The molecule has 1 heterocycles. The Bertz CT molecular complexity index is 457. The summed E-state index contributed by atoms with van der Waals surface area (Å²) in [7, 11) is -3.07. The van der Waals surface area contributed by atoms with Gasteiger partial charge >= 0.3 is 5.97 Å². The van der Waals surface area contributed by atoms with Crippen LogP contribution in [0.5, 0.6) is 0 Å². The summed E-state index contributed by atoms with van der Waals surface area (Å²) in [5, 5.41) is 8.98. The Morgan fingerprint density at radius 3 is 2.63 bits per heavy atom. The average Bonchev–Trinajstić information content (AvgIpc) is 2.56. The lowest BCUT2D eigenvalue weighted by atomic mass is 9.91. The van der Waals surface area contributed by atoms with Crippen LogP contribution in [-0.4, -0.2) is 54.5 Å². The summed E-state index contributed by atoms with van der Waals surface area (Å²) in [5.74, 6) is -0.750. The number of rotatable bonds is 3. The predicted octanol–water partition coefficient (Wildman–Crippen LogP) is 1.14. The molecule has 2 rings (SSSR count). The first-order chi connectivity index (χ1) is 8.69. The molecule has 1 aliphatic carbocycles. The van der Waals surface area contributed by atoms with E-state index in [0.29, 0.717) is 12.6 Å². The van der Waals surface area contributed by atoms with Crippen molar-refractivity contribution in [2.24, 2.45) is 5.41 Å². The molecule has 0 aromatic carbocycles. The Labute approximate surface area is 114 Å². The molecule has 1 saturated carbocycles. The second-order valence-electron chi connectivity index (χ2n) is 6.66. The number of carboxylic acids is 1. The van der Waals surface area contributed by atoms with Gasteiger partial charge < -0.3 is 5.11 Å². The summed E-state index contributed by atoms with van der Waals surface area (Å²) >= 11 is 0. The standard InChI is InChI=1S/C13H23NO4S/c1-13(2)4-3-10(8-13)14-5-6-19(17,18)9-11(14)7-12(15)16/h10-11H,3-9H2,1-2H3,(H,15,16). The van der Waals surface area contributed by atoms with Gasteiger partial charge in [0.15, 0.2) is 9.84 Å². The molecule has 110 valence electrons. The maximum atomic E-state index is 11.7. The SMILES string of the molecule is CC1(C)CCC(N2CCS(=O)(=O)CC2CC(=O)O)C1. The largest absolute Gasteiger partial charge is 0.481 e. The van der Waals surface area contributed by atoms with Gasteiger partial charge in [-0.1, -0.05) is 13.8 Å². The average molecular weight is 289 g/mol. The van der Waals surface area contributed by atoms with Gasteiger partial charge in [0, 0.05) is 18.6 Å². The number of hydrogen-bond donors (Lipinski definition) is 1. The molecule has 0 radical (unpaired) electrons. The number of carbonyl (C=O) groups is 1. The van der Waals surface area contributed by atoms with E-state index in [1.165, 1.54) is 0 Å². The summed E-state index contributed by atoms with van der Waals surface area (Å²) < 4.78 is 23.4. The van der Waals surface area contributed by atoms with E-state index in [1.807, 2.05) is 0 Å². The Hall–Kier alpha value is -0.620. The third-order valence-electron chi connectivity index (χ3n) is 4.40. The summed E-state index contributed by atoms with van der Waals surface area (Å²) in [6, 6.07) is -0.00926. The molecular formula is C13H23NO4S. The van der Waals surface area contributed by atoms with Crippen LogP contribution in [-0.2, 0) is 14.6 Å². The zero-order valence-electron chi connectivity index (χ0n) is 11.6. The summed E-state index contributed by atoms with van der Waals surface area (Å²) in [6.07, 6.45) is 3.13. The highest BCUT2D eigenvalue weighted by molar-refractivity contribution is 7.91. The van der Waals surface area contributed by atoms with Crippen LogP contribution in [0.1, 0.15) is 39.5 Å². The minimum Gasteiger partial charge on any atom is -0.481 e. The highest BCUT2D eigenvalue weighted by Crippen LogP contribution is 2.40. The Morgan fingerprint density at radius 2 is 2.11 bits per heavy atom. The zero-order valence-corrected chi connectivity index (χ0v) is 12.4. The van der Waals surface area contributed by atoms with Gasteiger partial charge in [-0.3, -0.25) is 9.69 Å². The normalized spacial score (nSPS) is 34.2. The van der Waals surface area contributed by atoms with Gasteiger partial charge in [0.1, 0.15) is 0 Å². The van der Waals surface area contributed by atoms with Gasteiger partial charge in [-0.15, -0.1) is 0 Å². The molecule has 0 aromatic heterocycles. The smallest absolute Gasteiger partial charge is 0.304 e. The summed E-state index contributed by atoms with van der Waals surface area (Å²) in [4.78, 5) is 13.1. The molecule has 1 aliphatic heterocycles. The van der Waals surface area contributed by atoms with Crippen molar-refractivity contribution in [1.82, 2.24) is 4.90 Å². The molecule has 0 amide bonds. The lowest BCUT2D eigenvalue weighted by Crippen LogP contribution is -2.53. The van der Waals surface area contributed by atoms with Gasteiger partial charge in [0.2, 0.25) is 0 Å². The number of aliphatic carboxylic acids is 1. The first-order valence-corrected chi connectivity index (χ1v) is 8.69. The van der Waals surface area contributed by atoms with E-state index < -0.39 is 15.8 Å². The van der Waals surface area contributed by atoms with E-state index in [1.54, 1.807) is 0 Å². The van der Waals surface area contributed by atoms with Crippen LogP contribution in [0.15, 0.2) is 0 Å². The number of carboxylic acid groups (broad SMARTS) is 1. The molecule has 0 spiro atoms. The van der Waals surface area contributed by atoms with Crippen LogP contribution in [0.25, 0.3) is 0 Å². The fourth-order valence-corrected chi connectivity index (χ4v) is 4.99. The molecule has 2 fully saturated rings. The second kappa shape index (κ2) is 5.05. The van der Waals surface area contributed by atoms with Crippen LogP contribution < -0.4 is 0 Å². The first kappa shape index (κ1) is 14.8. The fourth-order valence-electron chi connectivity index (χ4n) is 3.44. The van der Waals surface area contributed by atoms with Crippen molar-refractivity contribution in [2.75, 3.05) is 18.1 Å². The number of hydrogen-bond acceptors (Lipinski definition) is 4. The Morgan fingerprint density at radius 1 is 1.42 bits per heavy atom. The second-order valence-corrected chi connectivity index (χ2v) is 8.89. The third-order valence-corrected chi connectivity index (χ3v) is 6.09. The Kier molecular flexibility index (Phi) is 3.93. The van der Waals surface area contributed by atoms with Crippen molar-refractivity contribution in [3.63, 3.8) is 0 Å². The molecule has 0 bridgehead atoms. The topological polar surface area (TPSA) is 74.7 Å². The number of sulfone groups is 1. The van der Waals surface area contributed by atoms with Crippen molar-refractivity contribution in [2.45, 2.75) is 51.6 Å². The van der Waals surface area contributed by atoms with Crippen LogP contribution in [0.2, 0.25) is 0 Å². The van der Waals surface area contributed by atoms with Crippen molar-refractivity contribution in [3.05, 3.63) is 0 Å². The predicted molar refractivity (Wildman–Crippen MR) is 72.8 cm³/mol. The first-order valence-electron chi connectivity index (χ1n) is 6.86. The van der Waals surface area contributed by atoms with E-state index in [2.05, 4.69) is 18.7 Å². The fraction of sp³-hybridized carbons (Fsp3) is 0.923. The number of nitrogens with zero attached hydrogens (tertiary/aromatic N) is 1. The van der Waals surface area contributed by atoms with Crippen molar-refractivity contribution >= 4 is 15.8 Å². The van der Waals surface area contributed by atoms with Crippen molar-refractivity contribution < 1.29 is 18.3 Å². The molecule has 1 N–H and O–H groups in total.